The monoisotopic (exact) mass is 218 g/mol. The van der Waals surface area contributed by atoms with Gasteiger partial charge in [0, 0.05) is 18.0 Å². The fourth-order valence-electron chi connectivity index (χ4n) is 1.47. The fraction of sp³-hybridized carbons (Fsp3) is 0.0909. The van der Waals surface area contributed by atoms with Gasteiger partial charge in [0.25, 0.3) is 0 Å². The number of rotatable bonds is 2. The van der Waals surface area contributed by atoms with Crippen molar-refractivity contribution in [1.82, 2.24) is 9.97 Å². The van der Waals surface area contributed by atoms with E-state index in [1.54, 1.807) is 18.3 Å². The number of hydrogen-bond acceptors (Lipinski definition) is 4. The van der Waals surface area contributed by atoms with Gasteiger partial charge in [-0.3, -0.25) is 4.98 Å². The average molecular weight is 218 g/mol. The highest BCUT2D eigenvalue weighted by Gasteiger charge is 2.17. The maximum absolute atomic E-state index is 13.5. The van der Waals surface area contributed by atoms with E-state index < -0.39 is 11.9 Å². The number of nitrogens with two attached hydrogens (primary N) is 2. The molecule has 82 valence electrons. The molecule has 1 atom stereocenters. The SMILES string of the molecule is Nc1ncccc1C(N)c1ncccc1F. The van der Waals surface area contributed by atoms with E-state index in [1.807, 2.05) is 0 Å². The standard InChI is InChI=1S/C11H11FN4/c12-8-4-2-5-15-10(8)9(13)7-3-1-6-16-11(7)14/h1-6,9H,13H2,(H2,14,16). The maximum atomic E-state index is 13.5. The first kappa shape index (κ1) is 10.5. The lowest BCUT2D eigenvalue weighted by Crippen LogP contribution is -2.17. The molecule has 2 heterocycles. The van der Waals surface area contributed by atoms with Crippen molar-refractivity contribution in [1.29, 1.82) is 0 Å². The Kier molecular flexibility index (Phi) is 2.78. The van der Waals surface area contributed by atoms with Crippen LogP contribution in [0.3, 0.4) is 0 Å². The van der Waals surface area contributed by atoms with E-state index in [4.69, 9.17) is 11.5 Å². The summed E-state index contributed by atoms with van der Waals surface area (Å²) in [6.45, 7) is 0. The van der Waals surface area contributed by atoms with E-state index in [0.717, 1.165) is 0 Å². The molecular weight excluding hydrogens is 207 g/mol. The largest absolute Gasteiger partial charge is 0.383 e. The molecule has 2 aromatic rings. The zero-order valence-electron chi connectivity index (χ0n) is 8.47. The fourth-order valence-corrected chi connectivity index (χ4v) is 1.47. The van der Waals surface area contributed by atoms with Crippen LogP contribution in [0, 0.1) is 5.82 Å². The van der Waals surface area contributed by atoms with Crippen LogP contribution in [0.15, 0.2) is 36.7 Å². The molecule has 16 heavy (non-hydrogen) atoms. The molecule has 0 amide bonds. The van der Waals surface area contributed by atoms with Gasteiger partial charge in [-0.1, -0.05) is 6.07 Å². The van der Waals surface area contributed by atoms with E-state index in [0.29, 0.717) is 11.4 Å². The highest BCUT2D eigenvalue weighted by molar-refractivity contribution is 5.44. The van der Waals surface area contributed by atoms with Crippen LogP contribution in [0.5, 0.6) is 0 Å². The number of halogens is 1. The molecule has 0 saturated heterocycles. The van der Waals surface area contributed by atoms with Crippen LogP contribution in [0.25, 0.3) is 0 Å². The summed E-state index contributed by atoms with van der Waals surface area (Å²) >= 11 is 0. The van der Waals surface area contributed by atoms with Crippen molar-refractivity contribution in [3.05, 3.63) is 53.7 Å². The molecule has 0 aliphatic carbocycles. The molecule has 2 rings (SSSR count). The van der Waals surface area contributed by atoms with Crippen LogP contribution < -0.4 is 11.5 Å². The summed E-state index contributed by atoms with van der Waals surface area (Å²) in [7, 11) is 0. The van der Waals surface area contributed by atoms with Gasteiger partial charge in [-0.2, -0.15) is 0 Å². The van der Waals surface area contributed by atoms with Gasteiger partial charge in [0.1, 0.15) is 11.6 Å². The molecule has 1 unspecified atom stereocenters. The van der Waals surface area contributed by atoms with E-state index in [1.165, 1.54) is 18.3 Å². The van der Waals surface area contributed by atoms with Gasteiger partial charge >= 0.3 is 0 Å². The third-order valence-corrected chi connectivity index (χ3v) is 2.29. The third-order valence-electron chi connectivity index (χ3n) is 2.29. The van der Waals surface area contributed by atoms with Crippen molar-refractivity contribution in [2.75, 3.05) is 5.73 Å². The zero-order valence-corrected chi connectivity index (χ0v) is 8.47. The average Bonchev–Trinajstić information content (AvgIpc) is 2.29. The van der Waals surface area contributed by atoms with E-state index >= 15 is 0 Å². The predicted octanol–water partition coefficient (Wildman–Crippen LogP) is 1.25. The predicted molar refractivity (Wildman–Crippen MR) is 58.9 cm³/mol. The van der Waals surface area contributed by atoms with Gasteiger partial charge in [-0.05, 0) is 18.2 Å². The lowest BCUT2D eigenvalue weighted by Gasteiger charge is -2.13. The molecule has 0 aromatic carbocycles. The maximum Gasteiger partial charge on any atom is 0.146 e. The second-order valence-corrected chi connectivity index (χ2v) is 3.33. The summed E-state index contributed by atoms with van der Waals surface area (Å²) in [5.41, 5.74) is 12.3. The van der Waals surface area contributed by atoms with Crippen LogP contribution in [0.2, 0.25) is 0 Å². The summed E-state index contributed by atoms with van der Waals surface area (Å²) in [6, 6.07) is 5.54. The number of anilines is 1. The number of pyridine rings is 2. The Morgan fingerprint density at radius 2 is 1.81 bits per heavy atom. The zero-order chi connectivity index (χ0) is 11.5. The first-order chi connectivity index (χ1) is 7.70. The van der Waals surface area contributed by atoms with Crippen molar-refractivity contribution in [3.8, 4) is 0 Å². The number of aromatic nitrogens is 2. The van der Waals surface area contributed by atoms with E-state index in [9.17, 15) is 4.39 Å². The molecule has 2 aromatic heterocycles. The molecule has 0 saturated carbocycles. The van der Waals surface area contributed by atoms with Crippen LogP contribution in [0.1, 0.15) is 17.3 Å². The number of hydrogen-bond donors (Lipinski definition) is 2. The quantitative estimate of drug-likeness (QED) is 0.795. The molecule has 0 fully saturated rings. The molecule has 0 aliphatic rings. The molecule has 5 heteroatoms. The Labute approximate surface area is 92.1 Å². The number of nitrogens with zero attached hydrogens (tertiary/aromatic N) is 2. The van der Waals surface area contributed by atoms with Crippen molar-refractivity contribution in [3.63, 3.8) is 0 Å². The molecule has 4 N–H and O–H groups in total. The normalized spacial score (nSPS) is 12.4. The first-order valence-corrected chi connectivity index (χ1v) is 4.76. The second kappa shape index (κ2) is 4.24. The number of nitrogen functional groups attached to an aromatic ring is 1. The summed E-state index contributed by atoms with van der Waals surface area (Å²) < 4.78 is 13.5. The minimum atomic E-state index is -0.699. The van der Waals surface area contributed by atoms with Crippen LogP contribution in [-0.2, 0) is 0 Å². The molecule has 0 bridgehead atoms. The Hall–Kier alpha value is -2.01. The molecule has 0 spiro atoms. The minimum absolute atomic E-state index is 0.169. The van der Waals surface area contributed by atoms with Gasteiger partial charge in [-0.25, -0.2) is 9.37 Å². The van der Waals surface area contributed by atoms with E-state index in [-0.39, 0.29) is 5.69 Å². The van der Waals surface area contributed by atoms with Gasteiger partial charge in [-0.15, -0.1) is 0 Å². The Morgan fingerprint density at radius 1 is 1.12 bits per heavy atom. The van der Waals surface area contributed by atoms with Gasteiger partial charge in [0.2, 0.25) is 0 Å². The molecule has 4 nitrogen and oxygen atoms in total. The Balaban J connectivity index is 2.44. The van der Waals surface area contributed by atoms with Crippen LogP contribution in [-0.4, -0.2) is 9.97 Å². The summed E-state index contributed by atoms with van der Waals surface area (Å²) in [5, 5.41) is 0. The van der Waals surface area contributed by atoms with Crippen molar-refractivity contribution in [2.45, 2.75) is 6.04 Å². The smallest absolute Gasteiger partial charge is 0.146 e. The summed E-state index contributed by atoms with van der Waals surface area (Å²) in [4.78, 5) is 7.82. The van der Waals surface area contributed by atoms with E-state index in [2.05, 4.69) is 9.97 Å². The summed E-state index contributed by atoms with van der Waals surface area (Å²) in [5.74, 6) is -0.154. The first-order valence-electron chi connectivity index (χ1n) is 4.76. The lowest BCUT2D eigenvalue weighted by atomic mass is 10.0. The van der Waals surface area contributed by atoms with Gasteiger partial charge in [0.15, 0.2) is 0 Å². The summed E-state index contributed by atoms with van der Waals surface area (Å²) in [6.07, 6.45) is 3.05. The van der Waals surface area contributed by atoms with Gasteiger partial charge in [0.05, 0.1) is 11.7 Å². The topological polar surface area (TPSA) is 77.8 Å². The Morgan fingerprint density at radius 3 is 2.50 bits per heavy atom. The highest BCUT2D eigenvalue weighted by atomic mass is 19.1. The Bertz CT molecular complexity index is 455. The molecule has 0 aliphatic heterocycles. The van der Waals surface area contributed by atoms with Crippen molar-refractivity contribution < 1.29 is 4.39 Å². The van der Waals surface area contributed by atoms with Gasteiger partial charge < -0.3 is 11.5 Å². The third kappa shape index (κ3) is 1.85. The van der Waals surface area contributed by atoms with Crippen molar-refractivity contribution in [2.24, 2.45) is 5.73 Å². The van der Waals surface area contributed by atoms with Crippen molar-refractivity contribution >= 4 is 5.82 Å². The van der Waals surface area contributed by atoms with Crippen LogP contribution >= 0.6 is 0 Å². The molecular formula is C11H11FN4. The minimum Gasteiger partial charge on any atom is -0.383 e. The lowest BCUT2D eigenvalue weighted by molar-refractivity contribution is 0.586. The molecule has 0 radical (unpaired) electrons. The van der Waals surface area contributed by atoms with Crippen LogP contribution in [0.4, 0.5) is 10.2 Å². The highest BCUT2D eigenvalue weighted by Crippen LogP contribution is 2.22. The second-order valence-electron chi connectivity index (χ2n) is 3.33.